The first-order chi connectivity index (χ1) is 29.9. The molecule has 4 aliphatic rings. The molecule has 4 aliphatic carbocycles. The average molecular weight is 964 g/mol. The summed E-state index contributed by atoms with van der Waals surface area (Å²) in [7, 11) is -0.242. The maximum atomic E-state index is 10.3. The van der Waals surface area contributed by atoms with Crippen molar-refractivity contribution in [2.75, 3.05) is 12.4 Å². The second-order valence-electron chi connectivity index (χ2n) is 25.9. The Bertz CT molecular complexity index is 1530. The van der Waals surface area contributed by atoms with E-state index < -0.39 is 27.8 Å². The van der Waals surface area contributed by atoms with Gasteiger partial charge in [-0.25, -0.2) is 0 Å². The van der Waals surface area contributed by atoms with Gasteiger partial charge in [0.25, 0.3) is 0 Å². The van der Waals surface area contributed by atoms with Crippen molar-refractivity contribution in [1.29, 1.82) is 1.34 Å². The fraction of sp³-hybridized carbons (Fsp3) is 0.889. The van der Waals surface area contributed by atoms with Crippen molar-refractivity contribution in [3.63, 3.8) is 0 Å². The largest absolute Gasteiger partial charge is 0.414 e. The lowest BCUT2D eigenvalue weighted by Crippen LogP contribution is -2.50. The maximum absolute atomic E-state index is 10.3. The molecule has 64 heavy (non-hydrogen) atoms. The minimum atomic E-state index is -1.77. The molecule has 0 bridgehead atoms. The van der Waals surface area contributed by atoms with Crippen LogP contribution >= 0.6 is 20.9 Å². The second-order valence-corrected chi connectivity index (χ2v) is 36.6. The van der Waals surface area contributed by atoms with E-state index in [2.05, 4.69) is 121 Å². The molecular weight excluding hydrogens is 859 g/mol. The Morgan fingerprint density at radius 1 is 0.703 bits per heavy atom. The Kier molecular flexibility index (Phi) is 21.3. The van der Waals surface area contributed by atoms with Gasteiger partial charge >= 0.3 is 0 Å². The van der Waals surface area contributed by atoms with Gasteiger partial charge in [0.1, 0.15) is 7.53 Å². The van der Waals surface area contributed by atoms with E-state index in [0.29, 0.717) is 52.6 Å². The van der Waals surface area contributed by atoms with Crippen molar-refractivity contribution in [3.05, 3.63) is 30.3 Å². The van der Waals surface area contributed by atoms with E-state index in [-0.39, 0.29) is 16.7 Å². The van der Waals surface area contributed by atoms with Crippen LogP contribution in [0.3, 0.4) is 0 Å². The molecule has 0 aliphatic heterocycles. The van der Waals surface area contributed by atoms with Gasteiger partial charge in [0.15, 0.2) is 16.6 Å². The lowest BCUT2D eigenvalue weighted by molar-refractivity contribution is -0.0309. The van der Waals surface area contributed by atoms with Crippen LogP contribution in [-0.2, 0) is 8.85 Å². The number of fused-ring (bicyclic) bond motifs is 2. The van der Waals surface area contributed by atoms with Crippen molar-refractivity contribution in [3.8, 4) is 0 Å². The highest BCUT2D eigenvalue weighted by molar-refractivity contribution is 7.99. The number of thioether (sulfide) groups is 1. The monoisotopic (exact) mass is 964 g/mol. The predicted octanol–water partition coefficient (Wildman–Crippen LogP) is 14.8. The third-order valence-electron chi connectivity index (χ3n) is 18.1. The van der Waals surface area contributed by atoms with Crippen molar-refractivity contribution in [1.82, 2.24) is 0 Å². The summed E-state index contributed by atoms with van der Waals surface area (Å²) in [6.07, 6.45) is 19.7. The first-order valence-corrected chi connectivity index (χ1v) is 33.3. The van der Waals surface area contributed by atoms with Crippen molar-refractivity contribution < 1.29 is 24.2 Å². The zero-order valence-electron chi connectivity index (χ0n) is 45.5. The van der Waals surface area contributed by atoms with E-state index in [1.54, 1.807) is 0 Å². The lowest BCUT2D eigenvalue weighted by atomic mass is 9.61. The van der Waals surface area contributed by atoms with E-state index in [4.69, 9.17) is 10.2 Å². The lowest BCUT2D eigenvalue weighted by Gasteiger charge is -2.50. The highest BCUT2D eigenvalue weighted by atomic mass is 32.2. The van der Waals surface area contributed by atoms with Gasteiger partial charge in [0.05, 0.1) is 11.2 Å². The zero-order valence-corrected chi connectivity index (χ0v) is 48.4. The van der Waals surface area contributed by atoms with E-state index >= 15 is 0 Å². The Morgan fingerprint density at radius 3 is 1.47 bits per heavy atom. The molecule has 3 N–H and O–H groups in total. The smallest absolute Gasteiger partial charge is 0.192 e. The molecule has 0 aromatic heterocycles. The van der Waals surface area contributed by atoms with Gasteiger partial charge in [-0.15, -0.1) is 11.8 Å². The van der Waals surface area contributed by atoms with Gasteiger partial charge in [-0.3, -0.25) is 0 Å². The van der Waals surface area contributed by atoms with Crippen molar-refractivity contribution >= 4 is 45.0 Å². The quantitative estimate of drug-likeness (QED) is 0.0773. The van der Waals surface area contributed by atoms with Crippen LogP contribution in [-0.4, -0.2) is 76.6 Å². The highest BCUT2D eigenvalue weighted by Gasteiger charge is 2.56. The number of hydrogen-bond acceptors (Lipinski definition) is 6. The van der Waals surface area contributed by atoms with Gasteiger partial charge in [-0.2, -0.15) is 9.12 Å². The molecule has 4 saturated carbocycles. The zero-order chi connectivity index (χ0) is 49.3. The number of hydrogen-bond donors (Lipinski definition) is 3. The van der Waals surface area contributed by atoms with Crippen LogP contribution in [0.5, 0.6) is 0 Å². The van der Waals surface area contributed by atoms with Crippen LogP contribution in [0, 0.1) is 46.3 Å². The molecule has 0 saturated heterocycles. The van der Waals surface area contributed by atoms with Gasteiger partial charge in [-0.05, 0) is 201 Å². The Hall–Kier alpha value is 0.299. The summed E-state index contributed by atoms with van der Waals surface area (Å²) in [5.41, 5.74) is -0.476. The van der Waals surface area contributed by atoms with Crippen LogP contribution in [0.25, 0.3) is 0 Å². The maximum Gasteiger partial charge on any atom is 0.192 e. The molecule has 0 amide bonds. The number of aliphatic hydroxyl groups excluding tert-OH is 1. The summed E-state index contributed by atoms with van der Waals surface area (Å²) >= 11 is 2.04. The first-order valence-electron chi connectivity index (χ1n) is 26.4. The first kappa shape index (κ1) is 56.9. The molecule has 1 aromatic rings. The standard InChI is InChI=1S/C30H52O2SSi.C24H48O3Si.BH3P/c1-28(2,3)34(7,8)32-27-17-13-21-30(6)25(18-19-26(27)30)23(14-12-20-29(4,5)31)22-33-24-15-10-9-11-16-24;1-22(2,3)28(7,8)27-21-12-10-16-24(6)19(13-14-20(21)24)18(17-25)11-9-15-23(4,5)26;1-2/h9-11,15-16,23,25-27,31H,12-14,17-22H2,1-8H3;18-21,25-26H,9-17H2,1-8H3;1H,2H2/t23-,25?,26?,27-,30+;18-,19?,20?,21-,24+;/m00./s1/i;;1T. The number of aliphatic hydroxyl groups is 3. The molecule has 1 aromatic carbocycles. The Labute approximate surface area is 407 Å². The van der Waals surface area contributed by atoms with Crippen LogP contribution < -0.4 is 0 Å². The van der Waals surface area contributed by atoms with Gasteiger partial charge in [0.2, 0.25) is 0 Å². The third kappa shape index (κ3) is 15.9. The summed E-state index contributed by atoms with van der Waals surface area (Å²) in [5, 5.41) is 31.1. The predicted molar refractivity (Wildman–Crippen MR) is 289 cm³/mol. The fourth-order valence-electron chi connectivity index (χ4n) is 12.4. The molecule has 0 heterocycles. The van der Waals surface area contributed by atoms with E-state index in [1.807, 2.05) is 39.5 Å². The minimum Gasteiger partial charge on any atom is -0.414 e. The van der Waals surface area contributed by atoms with Gasteiger partial charge < -0.3 is 24.2 Å². The summed E-state index contributed by atoms with van der Waals surface area (Å²) in [5.74, 6) is 4.97. The molecule has 10 heteroatoms. The topological polar surface area (TPSA) is 79.2 Å². The Morgan fingerprint density at radius 2 is 1.09 bits per heavy atom. The molecule has 5 unspecified atom stereocenters. The molecular formula is C54H103BO5PSSi2. The summed E-state index contributed by atoms with van der Waals surface area (Å²) in [6, 6.07) is 10.9. The van der Waals surface area contributed by atoms with E-state index in [0.717, 1.165) is 38.0 Å². The minimum absolute atomic E-state index is 0.254. The SMILES string of the molecule is CC(C)(O)CCC[C@@H](CO)C1CCC2[C@@H](O[Si](C)(C)C(C)(C)C)CCC[C@]12C.CC(C)(O)CCC[C@@H](CSc1ccccc1)C1CCC2[C@@H](O[Si](C)(C)C(C)(C)C)CCC[C@]12C.[3H][B]P. The molecule has 371 valence electrons. The molecule has 11 atom stereocenters. The van der Waals surface area contributed by atoms with Crippen LogP contribution in [0.2, 0.25) is 36.3 Å². The summed E-state index contributed by atoms with van der Waals surface area (Å²) in [6.45, 7) is 36.9. The number of benzene rings is 1. The second kappa shape index (κ2) is 23.9. The summed E-state index contributed by atoms with van der Waals surface area (Å²) < 4.78 is 20.1. The van der Waals surface area contributed by atoms with Gasteiger partial charge in [-0.1, -0.05) is 99.3 Å². The van der Waals surface area contributed by atoms with Crippen LogP contribution in [0.15, 0.2) is 35.2 Å². The summed E-state index contributed by atoms with van der Waals surface area (Å²) in [4.78, 5) is 1.39. The van der Waals surface area contributed by atoms with Crippen LogP contribution in [0.1, 0.15) is 186 Å². The normalized spacial score (nSPS) is 30.2. The van der Waals surface area contributed by atoms with Crippen LogP contribution in [0.4, 0.5) is 0 Å². The highest BCUT2D eigenvalue weighted by Crippen LogP contribution is 2.61. The Balaban J connectivity index is 0.000000331. The number of rotatable bonds is 18. The third-order valence-corrected chi connectivity index (χ3v) is 28.3. The van der Waals surface area contributed by atoms with E-state index in [9.17, 15) is 15.3 Å². The fourth-order valence-corrected chi connectivity index (χ4v) is 16.3. The molecule has 5 rings (SSSR count). The molecule has 1 radical (unpaired) electrons. The molecule has 4 fully saturated rings. The average Bonchev–Trinajstić information content (AvgIpc) is 3.71. The molecule has 0 spiro atoms. The molecule has 5 nitrogen and oxygen atoms in total. The van der Waals surface area contributed by atoms with E-state index in [1.165, 1.54) is 88.8 Å². The van der Waals surface area contributed by atoms with Gasteiger partial charge in [0, 0.05) is 29.5 Å². The van der Waals surface area contributed by atoms with Crippen molar-refractivity contribution in [2.45, 2.75) is 250 Å². The van der Waals surface area contributed by atoms with Crippen molar-refractivity contribution in [2.24, 2.45) is 46.3 Å².